The molecule has 2 atom stereocenters. The van der Waals surface area contributed by atoms with Crippen molar-refractivity contribution in [1.82, 2.24) is 0 Å². The lowest BCUT2D eigenvalue weighted by molar-refractivity contribution is -0.386. The molecule has 0 amide bonds. The zero-order chi connectivity index (χ0) is 19.2. The van der Waals surface area contributed by atoms with Crippen LogP contribution in [0.25, 0.3) is 0 Å². The summed E-state index contributed by atoms with van der Waals surface area (Å²) in [5, 5.41) is 21.4. The van der Waals surface area contributed by atoms with E-state index in [-0.39, 0.29) is 23.1 Å². The predicted molar refractivity (Wildman–Crippen MR) is 94.4 cm³/mol. The predicted octanol–water partition coefficient (Wildman–Crippen LogP) is 2.92. The van der Waals surface area contributed by atoms with E-state index in [1.54, 1.807) is 13.8 Å². The van der Waals surface area contributed by atoms with Gasteiger partial charge in [0.05, 0.1) is 17.4 Å². The molecule has 7 nitrogen and oxygen atoms in total. The fourth-order valence-corrected chi connectivity index (χ4v) is 4.08. The quantitative estimate of drug-likeness (QED) is 0.502. The van der Waals surface area contributed by atoms with Crippen LogP contribution in [-0.2, 0) is 22.4 Å². The lowest BCUT2D eigenvalue weighted by Gasteiger charge is -2.26. The normalized spacial score (nSPS) is 24.0. The highest BCUT2D eigenvalue weighted by Gasteiger charge is 2.38. The third kappa shape index (κ3) is 3.40. The van der Waals surface area contributed by atoms with Crippen molar-refractivity contribution in [2.75, 3.05) is 0 Å². The fourth-order valence-electron chi connectivity index (χ4n) is 4.08. The summed E-state index contributed by atoms with van der Waals surface area (Å²) in [6, 6.07) is 0. The summed E-state index contributed by atoms with van der Waals surface area (Å²) < 4.78 is 11.4. The van der Waals surface area contributed by atoms with Gasteiger partial charge in [-0.15, -0.1) is 0 Å². The molecule has 2 aliphatic heterocycles. The number of fused-ring (bicyclic) bond motifs is 1. The van der Waals surface area contributed by atoms with Crippen LogP contribution in [0.4, 0.5) is 5.69 Å². The summed E-state index contributed by atoms with van der Waals surface area (Å²) in [4.78, 5) is 22.8. The van der Waals surface area contributed by atoms with Gasteiger partial charge in [-0.05, 0) is 40.5 Å². The van der Waals surface area contributed by atoms with Gasteiger partial charge >= 0.3 is 5.97 Å². The third-order valence-corrected chi connectivity index (χ3v) is 5.28. The molecule has 0 bridgehead atoms. The van der Waals surface area contributed by atoms with Crippen LogP contribution in [0.2, 0.25) is 0 Å². The minimum absolute atomic E-state index is 0.0260. The van der Waals surface area contributed by atoms with Crippen LogP contribution in [0, 0.1) is 24.0 Å². The topological polar surface area (TPSA) is 98.9 Å². The Morgan fingerprint density at radius 3 is 2.62 bits per heavy atom. The molecule has 26 heavy (non-hydrogen) atoms. The van der Waals surface area contributed by atoms with Crippen LogP contribution in [0.3, 0.4) is 0 Å². The van der Waals surface area contributed by atoms with E-state index in [1.165, 1.54) is 0 Å². The molecule has 2 unspecified atom stereocenters. The number of aliphatic hydroxyl groups excluding tert-OH is 1. The number of ether oxygens (including phenoxy) is 2. The zero-order valence-corrected chi connectivity index (χ0v) is 15.6. The molecule has 1 saturated heterocycles. The maximum atomic E-state index is 11.6. The first-order valence-corrected chi connectivity index (χ1v) is 8.95. The van der Waals surface area contributed by atoms with Gasteiger partial charge in [0, 0.05) is 35.1 Å². The van der Waals surface area contributed by atoms with Gasteiger partial charge in [-0.2, -0.15) is 0 Å². The van der Waals surface area contributed by atoms with Gasteiger partial charge in [0.25, 0.3) is 5.69 Å². The average Bonchev–Trinajstić information content (AvgIpc) is 2.81. The summed E-state index contributed by atoms with van der Waals surface area (Å²) in [6.07, 6.45) is 0.979. The number of carbonyl (C=O) groups excluding carboxylic acids is 1. The Balaban J connectivity index is 1.94. The number of rotatable bonds is 4. The molecule has 3 rings (SSSR count). The van der Waals surface area contributed by atoms with Crippen molar-refractivity contribution in [3.63, 3.8) is 0 Å². The van der Waals surface area contributed by atoms with Crippen molar-refractivity contribution in [2.45, 2.75) is 77.6 Å². The Kier molecular flexibility index (Phi) is 4.69. The van der Waals surface area contributed by atoms with Crippen molar-refractivity contribution in [3.8, 4) is 5.75 Å². The molecule has 142 valence electrons. The second-order valence-corrected chi connectivity index (χ2v) is 7.92. The molecular weight excluding hydrogens is 338 g/mol. The van der Waals surface area contributed by atoms with Crippen LogP contribution in [0.5, 0.6) is 5.75 Å². The van der Waals surface area contributed by atoms with E-state index in [0.29, 0.717) is 36.8 Å². The second-order valence-electron chi connectivity index (χ2n) is 7.92. The number of carbonyl (C=O) groups is 1. The smallest absolute Gasteiger partial charge is 0.308 e. The number of cyclic esters (lactones) is 1. The number of hydrogen-bond donors (Lipinski definition) is 1. The van der Waals surface area contributed by atoms with E-state index in [4.69, 9.17) is 9.47 Å². The fraction of sp³-hybridized carbons (Fsp3) is 0.632. The molecule has 7 heteroatoms. The van der Waals surface area contributed by atoms with Crippen molar-refractivity contribution in [1.29, 1.82) is 0 Å². The molecule has 0 saturated carbocycles. The molecule has 2 heterocycles. The number of esters is 1. The first-order valence-electron chi connectivity index (χ1n) is 8.95. The van der Waals surface area contributed by atoms with E-state index in [1.807, 2.05) is 13.8 Å². The molecule has 2 aliphatic rings. The molecule has 1 N–H and O–H groups in total. The zero-order valence-electron chi connectivity index (χ0n) is 15.6. The highest BCUT2D eigenvalue weighted by molar-refractivity contribution is 5.71. The Labute approximate surface area is 152 Å². The van der Waals surface area contributed by atoms with E-state index in [9.17, 15) is 20.0 Å². The van der Waals surface area contributed by atoms with Crippen LogP contribution in [0.1, 0.15) is 55.4 Å². The van der Waals surface area contributed by atoms with Crippen LogP contribution in [0.15, 0.2) is 0 Å². The highest BCUT2D eigenvalue weighted by atomic mass is 16.6. The molecule has 0 aliphatic carbocycles. The Hall–Kier alpha value is -2.15. The molecule has 1 fully saturated rings. The van der Waals surface area contributed by atoms with Crippen LogP contribution in [-0.4, -0.2) is 33.8 Å². The lowest BCUT2D eigenvalue weighted by Crippen LogP contribution is -2.32. The summed E-state index contributed by atoms with van der Waals surface area (Å²) in [5.41, 5.74) is 2.70. The van der Waals surface area contributed by atoms with Gasteiger partial charge in [-0.3, -0.25) is 14.9 Å². The number of benzene rings is 1. The number of nitro benzene ring substituents is 1. The molecule has 1 aromatic rings. The first kappa shape index (κ1) is 18.6. The summed E-state index contributed by atoms with van der Waals surface area (Å²) in [6.45, 7) is 7.46. The highest BCUT2D eigenvalue weighted by Crippen LogP contribution is 2.46. The van der Waals surface area contributed by atoms with Gasteiger partial charge in [0.1, 0.15) is 17.5 Å². The number of aliphatic hydroxyl groups is 1. The maximum Gasteiger partial charge on any atom is 0.308 e. The molecule has 0 radical (unpaired) electrons. The molecule has 1 aromatic carbocycles. The summed E-state index contributed by atoms with van der Waals surface area (Å²) in [7, 11) is 0. The molecular formula is C19H25NO6. The monoisotopic (exact) mass is 363 g/mol. The largest absolute Gasteiger partial charge is 0.487 e. The van der Waals surface area contributed by atoms with Crippen molar-refractivity contribution in [3.05, 3.63) is 32.4 Å². The summed E-state index contributed by atoms with van der Waals surface area (Å²) >= 11 is 0. The van der Waals surface area contributed by atoms with Gasteiger partial charge in [-0.25, -0.2) is 0 Å². The van der Waals surface area contributed by atoms with Crippen molar-refractivity contribution < 1.29 is 24.3 Å². The number of hydrogen-bond acceptors (Lipinski definition) is 6. The second kappa shape index (κ2) is 6.54. The third-order valence-electron chi connectivity index (χ3n) is 5.28. The van der Waals surface area contributed by atoms with E-state index >= 15 is 0 Å². The Morgan fingerprint density at radius 1 is 1.31 bits per heavy atom. The minimum Gasteiger partial charge on any atom is -0.487 e. The SMILES string of the molecule is Cc1c(CCC2CC(O)CC(=O)O2)c2c(c(C)c1[N+](=O)[O-])CC(C)(C)O2. The van der Waals surface area contributed by atoms with Crippen molar-refractivity contribution in [2.24, 2.45) is 0 Å². The van der Waals surface area contributed by atoms with Gasteiger partial charge in [-0.1, -0.05) is 0 Å². The average molecular weight is 363 g/mol. The van der Waals surface area contributed by atoms with E-state index < -0.39 is 17.7 Å². The minimum atomic E-state index is -0.685. The Morgan fingerprint density at radius 2 is 2.00 bits per heavy atom. The van der Waals surface area contributed by atoms with Gasteiger partial charge < -0.3 is 14.6 Å². The molecule has 0 aromatic heterocycles. The maximum absolute atomic E-state index is 11.6. The molecule has 0 spiro atoms. The van der Waals surface area contributed by atoms with Crippen molar-refractivity contribution >= 4 is 11.7 Å². The first-order chi connectivity index (χ1) is 12.1. The number of nitro groups is 1. The standard InChI is InChI=1S/C19H25NO6/c1-10-14(6-5-13-7-12(21)8-16(22)25-13)18-15(9-19(3,4)26-18)11(2)17(10)20(23)24/h12-13,21H,5-9H2,1-4H3. The van der Waals surface area contributed by atoms with Gasteiger partial charge in [0.2, 0.25) is 0 Å². The van der Waals surface area contributed by atoms with E-state index in [2.05, 4.69) is 0 Å². The van der Waals surface area contributed by atoms with Crippen LogP contribution < -0.4 is 4.74 Å². The van der Waals surface area contributed by atoms with E-state index in [0.717, 1.165) is 16.9 Å². The number of nitrogens with zero attached hydrogens (tertiary/aromatic N) is 1. The van der Waals surface area contributed by atoms with Crippen LogP contribution >= 0.6 is 0 Å². The van der Waals surface area contributed by atoms with Gasteiger partial charge in [0.15, 0.2) is 0 Å². The Bertz CT molecular complexity index is 770. The summed E-state index contributed by atoms with van der Waals surface area (Å²) in [5.74, 6) is 0.334. The lowest BCUT2D eigenvalue weighted by atomic mass is 9.89.